The fraction of sp³-hybridized carbons (Fsp3) is 0.310. The van der Waals surface area contributed by atoms with Crippen molar-refractivity contribution in [3.05, 3.63) is 100 Å². The SMILES string of the molecule is Cc1cnc2c(Cl)cc(C(=O)N3CC[C@@H](NC(=O)c4ncccc4C4CC4)[C@@H](c4ccccc4)C3)cn12. The highest BCUT2D eigenvalue weighted by Crippen LogP contribution is 2.41. The fourth-order valence-electron chi connectivity index (χ4n) is 5.38. The highest BCUT2D eigenvalue weighted by atomic mass is 35.5. The van der Waals surface area contributed by atoms with Crippen molar-refractivity contribution in [3.63, 3.8) is 0 Å². The molecule has 188 valence electrons. The predicted octanol–water partition coefficient (Wildman–Crippen LogP) is 5.00. The van der Waals surface area contributed by atoms with Crippen molar-refractivity contribution in [2.75, 3.05) is 13.1 Å². The second kappa shape index (κ2) is 9.63. The Labute approximate surface area is 220 Å². The zero-order valence-corrected chi connectivity index (χ0v) is 21.4. The number of aryl methyl sites for hydroxylation is 1. The first-order valence-electron chi connectivity index (χ1n) is 12.7. The minimum absolute atomic E-state index is 0.0508. The number of halogens is 1. The van der Waals surface area contributed by atoms with Gasteiger partial charge in [-0.2, -0.15) is 0 Å². The molecule has 1 aromatic carbocycles. The predicted molar refractivity (Wildman–Crippen MR) is 142 cm³/mol. The van der Waals surface area contributed by atoms with E-state index in [1.165, 1.54) is 0 Å². The number of pyridine rings is 2. The van der Waals surface area contributed by atoms with E-state index in [-0.39, 0.29) is 23.8 Å². The van der Waals surface area contributed by atoms with Crippen LogP contribution in [0.3, 0.4) is 0 Å². The fourth-order valence-corrected chi connectivity index (χ4v) is 5.64. The third-order valence-electron chi connectivity index (χ3n) is 7.51. The maximum Gasteiger partial charge on any atom is 0.270 e. The van der Waals surface area contributed by atoms with Gasteiger partial charge in [0.05, 0.1) is 10.6 Å². The normalized spacial score (nSPS) is 19.7. The van der Waals surface area contributed by atoms with Crippen LogP contribution in [0, 0.1) is 6.92 Å². The van der Waals surface area contributed by atoms with Crippen molar-refractivity contribution in [2.24, 2.45) is 0 Å². The molecule has 3 aromatic heterocycles. The summed E-state index contributed by atoms with van der Waals surface area (Å²) in [7, 11) is 0. The molecule has 6 rings (SSSR count). The summed E-state index contributed by atoms with van der Waals surface area (Å²) in [5.74, 6) is 0.164. The summed E-state index contributed by atoms with van der Waals surface area (Å²) >= 11 is 6.45. The lowest BCUT2D eigenvalue weighted by molar-refractivity contribution is 0.0670. The van der Waals surface area contributed by atoms with Gasteiger partial charge in [-0.15, -0.1) is 0 Å². The number of imidazole rings is 1. The standard InChI is InChI=1S/C29H28ClN5O2/c1-18-15-32-27-24(30)14-21(16-35(18)27)29(37)34-13-11-25(23(17-34)19-6-3-2-4-7-19)33-28(36)26-22(20-9-10-20)8-5-12-31-26/h2-8,12,14-16,20,23,25H,9-11,13,17H2,1H3,(H,33,36)/t23-,25-/m1/s1. The first-order chi connectivity index (χ1) is 18.0. The van der Waals surface area contributed by atoms with Gasteiger partial charge in [0.2, 0.25) is 0 Å². The van der Waals surface area contributed by atoms with Crippen molar-refractivity contribution < 1.29 is 9.59 Å². The number of amides is 2. The monoisotopic (exact) mass is 513 g/mol. The van der Waals surface area contributed by atoms with Gasteiger partial charge in [-0.1, -0.05) is 48.0 Å². The molecule has 0 unspecified atom stereocenters. The van der Waals surface area contributed by atoms with E-state index in [4.69, 9.17) is 11.6 Å². The minimum Gasteiger partial charge on any atom is -0.347 e. The molecule has 0 radical (unpaired) electrons. The maximum absolute atomic E-state index is 13.6. The number of rotatable bonds is 5. The Morgan fingerprint density at radius 1 is 1.05 bits per heavy atom. The average molecular weight is 514 g/mol. The second-order valence-electron chi connectivity index (χ2n) is 10.0. The Morgan fingerprint density at radius 2 is 1.86 bits per heavy atom. The van der Waals surface area contributed by atoms with Crippen LogP contribution in [0.2, 0.25) is 5.02 Å². The van der Waals surface area contributed by atoms with Crippen LogP contribution in [0.25, 0.3) is 5.65 Å². The number of carbonyl (C=O) groups is 2. The van der Waals surface area contributed by atoms with E-state index >= 15 is 0 Å². The topological polar surface area (TPSA) is 79.6 Å². The van der Waals surface area contributed by atoms with Gasteiger partial charge in [-0.3, -0.25) is 14.6 Å². The van der Waals surface area contributed by atoms with E-state index in [9.17, 15) is 9.59 Å². The van der Waals surface area contributed by atoms with Crippen molar-refractivity contribution >= 4 is 29.1 Å². The van der Waals surface area contributed by atoms with Crippen molar-refractivity contribution in [1.82, 2.24) is 24.6 Å². The number of hydrogen-bond acceptors (Lipinski definition) is 4. The van der Waals surface area contributed by atoms with Crippen LogP contribution in [0.5, 0.6) is 0 Å². The van der Waals surface area contributed by atoms with Gasteiger partial charge in [0.25, 0.3) is 11.8 Å². The van der Waals surface area contributed by atoms with Crippen LogP contribution in [0.4, 0.5) is 0 Å². The number of likely N-dealkylation sites (tertiary alicyclic amines) is 1. The number of aromatic nitrogens is 3. The molecule has 0 bridgehead atoms. The van der Waals surface area contributed by atoms with E-state index < -0.39 is 0 Å². The quantitative estimate of drug-likeness (QED) is 0.407. The van der Waals surface area contributed by atoms with Gasteiger partial charge in [-0.25, -0.2) is 4.98 Å². The smallest absolute Gasteiger partial charge is 0.270 e. The summed E-state index contributed by atoms with van der Waals surface area (Å²) in [5.41, 5.74) is 4.72. The number of fused-ring (bicyclic) bond motifs is 1. The molecule has 1 N–H and O–H groups in total. The molecule has 2 amide bonds. The summed E-state index contributed by atoms with van der Waals surface area (Å²) in [6.45, 7) is 2.95. The molecule has 2 atom stereocenters. The van der Waals surface area contributed by atoms with Crippen LogP contribution in [0.1, 0.15) is 68.8 Å². The molecule has 1 aliphatic heterocycles. The zero-order chi connectivity index (χ0) is 25.5. The molecular weight excluding hydrogens is 486 g/mol. The van der Waals surface area contributed by atoms with Gasteiger partial charge in [0.1, 0.15) is 5.69 Å². The number of piperidine rings is 1. The summed E-state index contributed by atoms with van der Waals surface area (Å²) in [5, 5.41) is 3.72. The molecule has 37 heavy (non-hydrogen) atoms. The van der Waals surface area contributed by atoms with Crippen LogP contribution in [-0.2, 0) is 0 Å². The van der Waals surface area contributed by atoms with Gasteiger partial charge in [-0.05, 0) is 55.4 Å². The molecule has 4 aromatic rings. The third kappa shape index (κ3) is 4.60. The number of nitrogens with zero attached hydrogens (tertiary/aromatic N) is 4. The Bertz CT molecular complexity index is 1480. The molecule has 4 heterocycles. The molecule has 1 saturated carbocycles. The third-order valence-corrected chi connectivity index (χ3v) is 7.79. The first kappa shape index (κ1) is 23.7. The summed E-state index contributed by atoms with van der Waals surface area (Å²) < 4.78 is 1.85. The molecule has 2 fully saturated rings. The van der Waals surface area contributed by atoms with Gasteiger partial charge < -0.3 is 14.6 Å². The van der Waals surface area contributed by atoms with E-state index in [2.05, 4.69) is 27.4 Å². The number of benzene rings is 1. The van der Waals surface area contributed by atoms with Crippen LogP contribution >= 0.6 is 11.6 Å². The van der Waals surface area contributed by atoms with Crippen LogP contribution in [0.15, 0.2) is 67.1 Å². The van der Waals surface area contributed by atoms with Crippen molar-refractivity contribution in [1.29, 1.82) is 0 Å². The molecule has 7 nitrogen and oxygen atoms in total. The summed E-state index contributed by atoms with van der Waals surface area (Å²) in [4.78, 5) is 37.6. The van der Waals surface area contributed by atoms with E-state index in [1.54, 1.807) is 24.7 Å². The lowest BCUT2D eigenvalue weighted by atomic mass is 9.85. The van der Waals surface area contributed by atoms with Gasteiger partial charge in [0, 0.05) is 49.3 Å². The Hall–Kier alpha value is -3.71. The molecular formula is C29H28ClN5O2. The second-order valence-corrected chi connectivity index (χ2v) is 10.4. The number of hydrogen-bond donors (Lipinski definition) is 1. The van der Waals surface area contributed by atoms with Gasteiger partial charge >= 0.3 is 0 Å². The maximum atomic E-state index is 13.6. The van der Waals surface area contributed by atoms with Crippen LogP contribution < -0.4 is 5.32 Å². The lowest BCUT2D eigenvalue weighted by Gasteiger charge is -2.39. The zero-order valence-electron chi connectivity index (χ0n) is 20.6. The lowest BCUT2D eigenvalue weighted by Crippen LogP contribution is -2.51. The molecule has 1 saturated heterocycles. The molecule has 1 aliphatic carbocycles. The summed E-state index contributed by atoms with van der Waals surface area (Å²) in [6.07, 6.45) is 8.08. The highest BCUT2D eigenvalue weighted by molar-refractivity contribution is 6.33. The highest BCUT2D eigenvalue weighted by Gasteiger charge is 2.35. The van der Waals surface area contributed by atoms with Crippen LogP contribution in [-0.4, -0.2) is 50.2 Å². The molecule has 0 spiro atoms. The Kier molecular flexibility index (Phi) is 6.16. The van der Waals surface area contributed by atoms with E-state index in [0.717, 1.165) is 29.7 Å². The minimum atomic E-state index is -0.138. The Morgan fingerprint density at radius 3 is 2.65 bits per heavy atom. The molecule has 2 aliphatic rings. The largest absolute Gasteiger partial charge is 0.347 e. The van der Waals surface area contributed by atoms with Crippen molar-refractivity contribution in [2.45, 2.75) is 44.1 Å². The molecule has 8 heteroatoms. The summed E-state index contributed by atoms with van der Waals surface area (Å²) in [6, 6.07) is 15.6. The van der Waals surface area contributed by atoms with E-state index in [1.807, 2.05) is 46.6 Å². The van der Waals surface area contributed by atoms with E-state index in [0.29, 0.717) is 47.4 Å². The average Bonchev–Trinajstić information content (AvgIpc) is 3.71. The Balaban J connectivity index is 1.26. The first-order valence-corrected chi connectivity index (χ1v) is 13.1. The van der Waals surface area contributed by atoms with Gasteiger partial charge in [0.15, 0.2) is 5.65 Å². The number of nitrogens with one attached hydrogen (secondary N) is 1. The number of carbonyl (C=O) groups excluding carboxylic acids is 2. The van der Waals surface area contributed by atoms with Crippen molar-refractivity contribution in [3.8, 4) is 0 Å².